The van der Waals surface area contributed by atoms with Crippen LogP contribution in [0.25, 0.3) is 0 Å². The average Bonchev–Trinajstić information content (AvgIpc) is 2.85. The molecule has 0 radical (unpaired) electrons. The van der Waals surface area contributed by atoms with E-state index >= 15 is 0 Å². The van der Waals surface area contributed by atoms with Gasteiger partial charge in [-0.1, -0.05) is 25.1 Å². The van der Waals surface area contributed by atoms with Crippen molar-refractivity contribution in [3.63, 3.8) is 0 Å². The van der Waals surface area contributed by atoms with Gasteiger partial charge in [-0.25, -0.2) is 4.39 Å². The van der Waals surface area contributed by atoms with Crippen molar-refractivity contribution < 1.29 is 23.5 Å². The van der Waals surface area contributed by atoms with E-state index in [2.05, 4.69) is 11.8 Å². The number of ether oxygens (including phenoxy) is 2. The molecule has 1 saturated heterocycles. The van der Waals surface area contributed by atoms with Gasteiger partial charge in [0.25, 0.3) is 5.91 Å². The predicted octanol–water partition coefficient (Wildman–Crippen LogP) is 2.92. The first-order valence-corrected chi connectivity index (χ1v) is 11.2. The maximum Gasteiger partial charge on any atom is 0.254 e. The van der Waals surface area contributed by atoms with Gasteiger partial charge in [0.1, 0.15) is 5.82 Å². The van der Waals surface area contributed by atoms with E-state index in [1.54, 1.807) is 37.4 Å². The van der Waals surface area contributed by atoms with Gasteiger partial charge in [-0.3, -0.25) is 9.59 Å². The van der Waals surface area contributed by atoms with Crippen LogP contribution in [0, 0.1) is 5.82 Å². The molecule has 1 fully saturated rings. The van der Waals surface area contributed by atoms with Crippen LogP contribution in [0.4, 0.5) is 4.39 Å². The van der Waals surface area contributed by atoms with Crippen molar-refractivity contribution in [3.8, 4) is 11.5 Å². The van der Waals surface area contributed by atoms with Gasteiger partial charge in [0.2, 0.25) is 5.91 Å². The molecule has 33 heavy (non-hydrogen) atoms. The summed E-state index contributed by atoms with van der Waals surface area (Å²) in [5.74, 6) is -0.794. The molecule has 0 saturated carbocycles. The molecule has 0 bridgehead atoms. The Morgan fingerprint density at radius 3 is 2.27 bits per heavy atom. The summed E-state index contributed by atoms with van der Waals surface area (Å²) in [6.45, 7) is 5.78. The molecule has 0 aliphatic carbocycles. The van der Waals surface area contributed by atoms with Crippen molar-refractivity contribution >= 4 is 11.8 Å². The number of carbonyl (C=O) groups is 2. The van der Waals surface area contributed by atoms with E-state index in [1.165, 1.54) is 25.2 Å². The summed E-state index contributed by atoms with van der Waals surface area (Å²) in [6, 6.07) is 8.86. The van der Waals surface area contributed by atoms with Gasteiger partial charge in [-0.15, -0.1) is 0 Å². The zero-order valence-corrected chi connectivity index (χ0v) is 19.5. The highest BCUT2D eigenvalue weighted by Gasteiger charge is 2.46. The van der Waals surface area contributed by atoms with Crippen molar-refractivity contribution in [1.29, 1.82) is 0 Å². The van der Waals surface area contributed by atoms with E-state index in [0.717, 1.165) is 19.6 Å². The molecule has 0 N–H and O–H groups in total. The Bertz CT molecular complexity index is 1050. The third-order valence-corrected chi connectivity index (χ3v) is 6.80. The fraction of sp³-hybridized carbons (Fsp3) is 0.440. The Morgan fingerprint density at radius 1 is 1.03 bits per heavy atom. The van der Waals surface area contributed by atoms with E-state index in [1.807, 2.05) is 4.90 Å². The molecule has 4 rings (SSSR count). The normalized spacial score (nSPS) is 21.1. The van der Waals surface area contributed by atoms with Crippen molar-refractivity contribution in [1.82, 2.24) is 14.7 Å². The van der Waals surface area contributed by atoms with Crippen molar-refractivity contribution in [2.75, 3.05) is 54.0 Å². The van der Waals surface area contributed by atoms with Gasteiger partial charge >= 0.3 is 0 Å². The zero-order valence-electron chi connectivity index (χ0n) is 19.5. The highest BCUT2D eigenvalue weighted by Crippen LogP contribution is 2.46. The Hall–Kier alpha value is -3.13. The van der Waals surface area contributed by atoms with Crippen molar-refractivity contribution in [2.45, 2.75) is 18.9 Å². The Labute approximate surface area is 193 Å². The van der Waals surface area contributed by atoms with E-state index < -0.39 is 17.8 Å². The van der Waals surface area contributed by atoms with E-state index in [9.17, 15) is 14.0 Å². The second-order valence-electron chi connectivity index (χ2n) is 8.41. The number of methoxy groups -OCH3 is 2. The maximum atomic E-state index is 15.0. The standard InChI is InChI=1S/C25H30FN3O4/c1-5-28-10-12-29(13-11-28)25(31)22-17-14-20(32-3)21(33-4)15-18(17)24(30)27(2)23(22)16-8-6-7-9-19(16)26/h6-9,14-15,22-23H,5,10-13H2,1-4H3/t22-,23+/m1/s1. The number of carbonyl (C=O) groups excluding carboxylic acids is 2. The third-order valence-electron chi connectivity index (χ3n) is 6.80. The van der Waals surface area contributed by atoms with Crippen LogP contribution in [0.5, 0.6) is 11.5 Å². The number of piperazine rings is 1. The summed E-state index contributed by atoms with van der Waals surface area (Å²) in [6.07, 6.45) is 0. The van der Waals surface area contributed by atoms with Gasteiger partial charge in [-0.2, -0.15) is 0 Å². The average molecular weight is 456 g/mol. The highest BCUT2D eigenvalue weighted by molar-refractivity contribution is 6.02. The monoisotopic (exact) mass is 455 g/mol. The van der Waals surface area contributed by atoms with Crippen molar-refractivity contribution in [2.24, 2.45) is 0 Å². The summed E-state index contributed by atoms with van der Waals surface area (Å²) in [4.78, 5) is 33.0. The van der Waals surface area contributed by atoms with Crippen LogP contribution in [0.15, 0.2) is 36.4 Å². The van der Waals surface area contributed by atoms with Crippen LogP contribution < -0.4 is 9.47 Å². The number of halogens is 1. The second-order valence-corrected chi connectivity index (χ2v) is 8.41. The molecule has 0 aromatic heterocycles. The first kappa shape index (κ1) is 23.0. The maximum absolute atomic E-state index is 15.0. The predicted molar refractivity (Wildman–Crippen MR) is 122 cm³/mol. The number of fused-ring (bicyclic) bond motifs is 1. The highest BCUT2D eigenvalue weighted by atomic mass is 19.1. The molecule has 0 spiro atoms. The smallest absolute Gasteiger partial charge is 0.254 e. The molecule has 2 aromatic carbocycles. The van der Waals surface area contributed by atoms with E-state index in [0.29, 0.717) is 41.3 Å². The van der Waals surface area contributed by atoms with Crippen LogP contribution in [0.3, 0.4) is 0 Å². The molecule has 2 amide bonds. The number of likely N-dealkylation sites (N-methyl/N-ethyl adjacent to an activating group) is 2. The number of amides is 2. The molecule has 2 aliphatic heterocycles. The fourth-order valence-corrected chi connectivity index (χ4v) is 4.90. The summed E-state index contributed by atoms with van der Waals surface area (Å²) in [5.41, 5.74) is 1.22. The van der Waals surface area contributed by atoms with Gasteiger partial charge in [0.15, 0.2) is 11.5 Å². The molecular weight excluding hydrogens is 425 g/mol. The Balaban J connectivity index is 1.86. The van der Waals surface area contributed by atoms with Crippen molar-refractivity contribution in [3.05, 3.63) is 58.9 Å². The number of benzene rings is 2. The van der Waals surface area contributed by atoms with Gasteiger partial charge in [-0.05, 0) is 30.3 Å². The topological polar surface area (TPSA) is 62.3 Å². The number of rotatable bonds is 5. The first-order valence-electron chi connectivity index (χ1n) is 11.2. The van der Waals surface area contributed by atoms with Gasteiger partial charge in [0, 0.05) is 44.4 Å². The summed E-state index contributed by atoms with van der Waals surface area (Å²) < 4.78 is 25.8. The molecule has 176 valence electrons. The van der Waals surface area contributed by atoms with Gasteiger partial charge in [0.05, 0.1) is 26.2 Å². The Kier molecular flexibility index (Phi) is 6.56. The van der Waals surface area contributed by atoms with Crippen LogP contribution in [0.1, 0.15) is 40.4 Å². The number of hydrogen-bond acceptors (Lipinski definition) is 5. The molecule has 2 aliphatic rings. The minimum atomic E-state index is -0.777. The second kappa shape index (κ2) is 9.39. The molecule has 0 unspecified atom stereocenters. The quantitative estimate of drug-likeness (QED) is 0.694. The molecule has 2 atom stereocenters. The number of hydrogen-bond donors (Lipinski definition) is 0. The molecular formula is C25H30FN3O4. The lowest BCUT2D eigenvalue weighted by Crippen LogP contribution is -2.52. The summed E-state index contributed by atoms with van der Waals surface area (Å²) in [7, 11) is 4.63. The van der Waals surface area contributed by atoms with Crippen LogP contribution in [-0.2, 0) is 4.79 Å². The minimum Gasteiger partial charge on any atom is -0.493 e. The van der Waals surface area contributed by atoms with Gasteiger partial charge < -0.3 is 24.2 Å². The molecule has 2 aromatic rings. The molecule has 8 heteroatoms. The lowest BCUT2D eigenvalue weighted by Gasteiger charge is -2.43. The molecule has 2 heterocycles. The SMILES string of the molecule is CCN1CCN(C(=O)[C@@H]2c3cc(OC)c(OC)cc3C(=O)N(C)[C@H]2c2ccccc2F)CC1. The zero-order chi connectivity index (χ0) is 23.7. The largest absolute Gasteiger partial charge is 0.493 e. The third kappa shape index (κ3) is 4.04. The summed E-state index contributed by atoms with van der Waals surface area (Å²) in [5, 5.41) is 0. The van der Waals surface area contributed by atoms with Crippen LogP contribution in [0.2, 0.25) is 0 Å². The Morgan fingerprint density at radius 2 is 1.67 bits per heavy atom. The first-order chi connectivity index (χ1) is 15.9. The lowest BCUT2D eigenvalue weighted by atomic mass is 9.78. The van der Waals surface area contributed by atoms with E-state index in [-0.39, 0.29) is 11.8 Å². The lowest BCUT2D eigenvalue weighted by molar-refractivity contribution is -0.136. The van der Waals surface area contributed by atoms with Crippen LogP contribution in [-0.4, -0.2) is 80.5 Å². The molecule has 7 nitrogen and oxygen atoms in total. The van der Waals surface area contributed by atoms with E-state index in [4.69, 9.17) is 9.47 Å². The van der Waals surface area contributed by atoms with Crippen LogP contribution >= 0.6 is 0 Å². The number of nitrogens with zero attached hydrogens (tertiary/aromatic N) is 3. The minimum absolute atomic E-state index is 0.119. The fourth-order valence-electron chi connectivity index (χ4n) is 4.90. The summed E-state index contributed by atoms with van der Waals surface area (Å²) >= 11 is 0.